The number of anilines is 1. The molecule has 0 aromatic heterocycles. The van der Waals surface area contributed by atoms with Crippen LogP contribution in [0.15, 0.2) is 18.2 Å². The fraction of sp³-hybridized carbons (Fsp3) is 0.533. The van der Waals surface area contributed by atoms with Gasteiger partial charge in [0.25, 0.3) is 0 Å². The van der Waals surface area contributed by atoms with Crippen LogP contribution < -0.4 is 11.1 Å². The Kier molecular flexibility index (Phi) is 10.1. The minimum atomic E-state index is -0.486. The summed E-state index contributed by atoms with van der Waals surface area (Å²) in [4.78, 5) is 14.1. The van der Waals surface area contributed by atoms with E-state index in [1.165, 1.54) is 17.1 Å². The van der Waals surface area contributed by atoms with Crippen molar-refractivity contribution in [2.24, 2.45) is 5.73 Å². The van der Waals surface area contributed by atoms with E-state index >= 15 is 0 Å². The van der Waals surface area contributed by atoms with Crippen LogP contribution in [0.25, 0.3) is 0 Å². The number of benzene rings is 1. The number of nitrogens with zero attached hydrogens (tertiary/aromatic N) is 1. The van der Waals surface area contributed by atoms with Gasteiger partial charge in [0.2, 0.25) is 5.91 Å². The van der Waals surface area contributed by atoms with Crippen LogP contribution in [-0.2, 0) is 11.3 Å². The molecule has 0 spiro atoms. The number of hydrogen-bond acceptors (Lipinski definition) is 4. The molecule has 7 heteroatoms. The van der Waals surface area contributed by atoms with Gasteiger partial charge >= 0.3 is 0 Å². The smallest absolute Gasteiger partial charge is 0.241 e. The van der Waals surface area contributed by atoms with E-state index in [9.17, 15) is 4.79 Å². The van der Waals surface area contributed by atoms with Crippen LogP contribution in [0.4, 0.5) is 5.69 Å². The molecule has 1 fully saturated rings. The first-order valence-corrected chi connectivity index (χ1v) is 8.18. The third-order valence-electron chi connectivity index (χ3n) is 3.47. The Bertz CT molecular complexity index is 480. The Labute approximate surface area is 149 Å². The summed E-state index contributed by atoms with van der Waals surface area (Å²) in [6.45, 7) is 7.02. The predicted molar refractivity (Wildman–Crippen MR) is 101 cm³/mol. The number of hydrogen-bond donors (Lipinski definition) is 2. The Balaban J connectivity index is 0.00000220. The van der Waals surface area contributed by atoms with Gasteiger partial charge in [0.1, 0.15) is 0 Å². The summed E-state index contributed by atoms with van der Waals surface area (Å²) in [7, 11) is 0. The molecule has 1 aromatic rings. The number of aryl methyl sites for hydroxylation is 1. The van der Waals surface area contributed by atoms with Crippen molar-refractivity contribution in [1.29, 1.82) is 0 Å². The topological polar surface area (TPSA) is 58.4 Å². The van der Waals surface area contributed by atoms with E-state index in [0.29, 0.717) is 0 Å². The van der Waals surface area contributed by atoms with Gasteiger partial charge in [0.05, 0.1) is 6.04 Å². The van der Waals surface area contributed by atoms with Gasteiger partial charge in [-0.2, -0.15) is 11.8 Å². The molecule has 1 amide bonds. The molecule has 1 heterocycles. The molecule has 0 aliphatic carbocycles. The lowest BCUT2D eigenvalue weighted by molar-refractivity contribution is -0.117. The highest BCUT2D eigenvalue weighted by atomic mass is 35.5. The number of amides is 1. The van der Waals surface area contributed by atoms with E-state index in [1.807, 2.05) is 24.8 Å². The van der Waals surface area contributed by atoms with Crippen molar-refractivity contribution in [3.63, 3.8) is 0 Å². The van der Waals surface area contributed by atoms with Crippen LogP contribution in [0.5, 0.6) is 0 Å². The summed E-state index contributed by atoms with van der Waals surface area (Å²) >= 11 is 2.02. The highest BCUT2D eigenvalue weighted by Gasteiger charge is 2.12. The number of carbonyl (C=O) groups excluding carboxylic acids is 1. The molecular weight excluding hydrogens is 341 g/mol. The molecular formula is C15H25Cl2N3OS. The SMILES string of the molecule is Cc1cc(CN2CCSCC2)ccc1NC(=O)[C@@H](C)N.Cl.Cl. The summed E-state index contributed by atoms with van der Waals surface area (Å²) in [5.74, 6) is 2.30. The molecule has 3 N–H and O–H groups in total. The third-order valence-corrected chi connectivity index (χ3v) is 4.41. The average Bonchev–Trinajstić information content (AvgIpc) is 2.42. The first-order chi connectivity index (χ1) is 9.56. The van der Waals surface area contributed by atoms with Crippen LogP contribution in [-0.4, -0.2) is 41.4 Å². The van der Waals surface area contributed by atoms with Crippen molar-refractivity contribution in [2.45, 2.75) is 26.4 Å². The van der Waals surface area contributed by atoms with Gasteiger partial charge in [0, 0.05) is 36.8 Å². The summed E-state index contributed by atoms with van der Waals surface area (Å²) in [6, 6.07) is 5.73. The van der Waals surface area contributed by atoms with Gasteiger partial charge in [0.15, 0.2) is 0 Å². The monoisotopic (exact) mass is 365 g/mol. The molecule has 1 aliphatic rings. The van der Waals surface area contributed by atoms with E-state index in [1.54, 1.807) is 6.92 Å². The van der Waals surface area contributed by atoms with E-state index in [4.69, 9.17) is 5.73 Å². The second-order valence-electron chi connectivity index (χ2n) is 5.32. The summed E-state index contributed by atoms with van der Waals surface area (Å²) in [6.07, 6.45) is 0. The number of nitrogens with two attached hydrogens (primary N) is 1. The lowest BCUT2D eigenvalue weighted by Crippen LogP contribution is -2.33. The minimum Gasteiger partial charge on any atom is -0.325 e. The predicted octanol–water partition coefficient (Wildman–Crippen LogP) is 2.67. The van der Waals surface area contributed by atoms with Crippen LogP contribution in [0.1, 0.15) is 18.1 Å². The number of thioether (sulfide) groups is 1. The first kappa shape index (κ1) is 21.5. The summed E-state index contributed by atoms with van der Waals surface area (Å²) < 4.78 is 0. The van der Waals surface area contributed by atoms with Gasteiger partial charge in [-0.05, 0) is 31.0 Å². The Hall–Kier alpha value is -0.460. The van der Waals surface area contributed by atoms with Crippen LogP contribution in [0.2, 0.25) is 0 Å². The number of nitrogens with one attached hydrogen (secondary N) is 1. The van der Waals surface area contributed by atoms with Gasteiger partial charge in [-0.25, -0.2) is 0 Å². The highest BCUT2D eigenvalue weighted by molar-refractivity contribution is 7.99. The van der Waals surface area contributed by atoms with Gasteiger partial charge in [-0.15, -0.1) is 24.8 Å². The molecule has 126 valence electrons. The van der Waals surface area contributed by atoms with E-state index < -0.39 is 6.04 Å². The van der Waals surface area contributed by atoms with Crippen LogP contribution >= 0.6 is 36.6 Å². The molecule has 1 aromatic carbocycles. The Morgan fingerprint density at radius 3 is 2.55 bits per heavy atom. The molecule has 1 atom stereocenters. The normalized spacial score (nSPS) is 16.1. The van der Waals surface area contributed by atoms with Gasteiger partial charge < -0.3 is 11.1 Å². The number of carbonyl (C=O) groups is 1. The average molecular weight is 366 g/mol. The fourth-order valence-electron chi connectivity index (χ4n) is 2.23. The Morgan fingerprint density at radius 2 is 2.00 bits per heavy atom. The van der Waals surface area contributed by atoms with E-state index in [2.05, 4.69) is 22.3 Å². The van der Waals surface area contributed by atoms with Crippen LogP contribution in [0.3, 0.4) is 0 Å². The largest absolute Gasteiger partial charge is 0.325 e. The standard InChI is InChI=1S/C15H23N3OS.2ClH/c1-11-9-13(10-18-5-7-20-8-6-18)3-4-14(11)17-15(19)12(2)16;;/h3-4,9,12H,5-8,10,16H2,1-2H3,(H,17,19);2*1H/t12-;;/m1../s1. The third kappa shape index (κ3) is 6.34. The molecule has 0 unspecified atom stereocenters. The maximum atomic E-state index is 11.6. The van der Waals surface area contributed by atoms with E-state index in [0.717, 1.165) is 30.9 Å². The summed E-state index contributed by atoms with van der Waals surface area (Å²) in [5, 5.41) is 2.86. The van der Waals surface area contributed by atoms with Crippen molar-refractivity contribution in [3.05, 3.63) is 29.3 Å². The van der Waals surface area contributed by atoms with Crippen LogP contribution in [0, 0.1) is 6.92 Å². The maximum absolute atomic E-state index is 11.6. The maximum Gasteiger partial charge on any atom is 0.241 e. The fourth-order valence-corrected chi connectivity index (χ4v) is 3.21. The van der Waals surface area contributed by atoms with Crippen molar-refractivity contribution >= 4 is 48.2 Å². The van der Waals surface area contributed by atoms with Gasteiger partial charge in [-0.3, -0.25) is 9.69 Å². The van der Waals surface area contributed by atoms with E-state index in [-0.39, 0.29) is 30.7 Å². The quantitative estimate of drug-likeness (QED) is 0.860. The van der Waals surface area contributed by atoms with Gasteiger partial charge in [-0.1, -0.05) is 12.1 Å². The zero-order chi connectivity index (χ0) is 14.5. The number of halogens is 2. The van der Waals surface area contributed by atoms with Crippen molar-refractivity contribution in [2.75, 3.05) is 29.9 Å². The Morgan fingerprint density at radius 1 is 1.36 bits per heavy atom. The molecule has 1 saturated heterocycles. The molecule has 4 nitrogen and oxygen atoms in total. The number of rotatable bonds is 4. The van der Waals surface area contributed by atoms with Crippen molar-refractivity contribution < 1.29 is 4.79 Å². The zero-order valence-electron chi connectivity index (χ0n) is 13.0. The second kappa shape index (κ2) is 10.3. The molecule has 0 saturated carbocycles. The lowest BCUT2D eigenvalue weighted by atomic mass is 10.1. The minimum absolute atomic E-state index is 0. The molecule has 0 radical (unpaired) electrons. The summed E-state index contributed by atoms with van der Waals surface area (Å²) in [5.41, 5.74) is 8.80. The lowest BCUT2D eigenvalue weighted by Gasteiger charge is -2.26. The zero-order valence-corrected chi connectivity index (χ0v) is 15.5. The molecule has 2 rings (SSSR count). The highest BCUT2D eigenvalue weighted by Crippen LogP contribution is 2.19. The molecule has 0 bridgehead atoms. The van der Waals surface area contributed by atoms with Crippen molar-refractivity contribution in [3.8, 4) is 0 Å². The molecule has 1 aliphatic heterocycles. The molecule has 22 heavy (non-hydrogen) atoms. The second-order valence-corrected chi connectivity index (χ2v) is 6.54. The first-order valence-electron chi connectivity index (χ1n) is 7.02. The van der Waals surface area contributed by atoms with Crippen molar-refractivity contribution in [1.82, 2.24) is 4.90 Å².